The van der Waals surface area contributed by atoms with E-state index in [2.05, 4.69) is 10.6 Å². The lowest BCUT2D eigenvalue weighted by Crippen LogP contribution is -2.30. The van der Waals surface area contributed by atoms with Gasteiger partial charge in [0, 0.05) is 12.1 Å². The fourth-order valence-corrected chi connectivity index (χ4v) is 2.17. The summed E-state index contributed by atoms with van der Waals surface area (Å²) in [6.45, 7) is 1.02. The van der Waals surface area contributed by atoms with Gasteiger partial charge in [0.2, 0.25) is 5.91 Å². The minimum Gasteiger partial charge on any atom is -0.493 e. The van der Waals surface area contributed by atoms with Crippen molar-refractivity contribution < 1.29 is 23.8 Å². The highest BCUT2D eigenvalue weighted by molar-refractivity contribution is 6.02. The molecule has 1 aromatic carbocycles. The minimum atomic E-state index is -0.563. The Kier molecular flexibility index (Phi) is 7.81. The highest BCUT2D eigenvalue weighted by atomic mass is 35.5. The van der Waals surface area contributed by atoms with E-state index in [1.807, 2.05) is 0 Å². The Morgan fingerprint density at radius 3 is 2.29 bits per heavy atom. The van der Waals surface area contributed by atoms with Crippen LogP contribution in [0.3, 0.4) is 0 Å². The van der Waals surface area contributed by atoms with Crippen molar-refractivity contribution in [3.05, 3.63) is 17.7 Å². The monoisotopic (exact) mass is 358 g/mol. The van der Waals surface area contributed by atoms with Crippen LogP contribution in [0.25, 0.3) is 0 Å². The number of nitrogens with one attached hydrogen (secondary N) is 2. The maximum atomic E-state index is 12.0. The van der Waals surface area contributed by atoms with E-state index in [0.29, 0.717) is 23.1 Å². The second-order valence-electron chi connectivity index (χ2n) is 5.37. The number of carbonyl (C=O) groups excluding carboxylic acids is 2. The van der Waals surface area contributed by atoms with Crippen LogP contribution >= 0.6 is 12.4 Å². The first-order valence-electron chi connectivity index (χ1n) is 7.44. The number of halogens is 1. The molecule has 0 atom stereocenters. The molecular weight excluding hydrogens is 336 g/mol. The third-order valence-corrected chi connectivity index (χ3v) is 3.62. The van der Waals surface area contributed by atoms with Gasteiger partial charge < -0.3 is 24.8 Å². The van der Waals surface area contributed by atoms with Crippen molar-refractivity contribution in [1.82, 2.24) is 5.32 Å². The van der Waals surface area contributed by atoms with Crippen molar-refractivity contribution in [2.75, 3.05) is 39.7 Å². The number of esters is 1. The van der Waals surface area contributed by atoms with Crippen LogP contribution in [0, 0.1) is 5.92 Å². The molecule has 1 aliphatic rings. The Labute approximate surface area is 147 Å². The molecule has 2 rings (SSSR count). The van der Waals surface area contributed by atoms with Crippen LogP contribution in [0.5, 0.6) is 11.5 Å². The summed E-state index contributed by atoms with van der Waals surface area (Å²) in [4.78, 5) is 23.9. The average molecular weight is 359 g/mol. The van der Waals surface area contributed by atoms with Gasteiger partial charge in [0.1, 0.15) is 0 Å². The molecule has 0 unspecified atom stereocenters. The third kappa shape index (κ3) is 5.28. The number of anilines is 1. The van der Waals surface area contributed by atoms with Crippen LogP contribution in [0.2, 0.25) is 0 Å². The molecule has 1 fully saturated rings. The van der Waals surface area contributed by atoms with E-state index in [4.69, 9.17) is 14.2 Å². The third-order valence-electron chi connectivity index (χ3n) is 3.62. The van der Waals surface area contributed by atoms with E-state index in [1.54, 1.807) is 6.07 Å². The molecule has 0 aromatic heterocycles. The molecule has 2 N–H and O–H groups in total. The molecule has 134 valence electrons. The number of carbonyl (C=O) groups is 2. The van der Waals surface area contributed by atoms with Crippen molar-refractivity contribution in [3.8, 4) is 11.5 Å². The van der Waals surface area contributed by atoms with E-state index in [-0.39, 0.29) is 30.4 Å². The Morgan fingerprint density at radius 2 is 1.75 bits per heavy atom. The molecule has 7 nitrogen and oxygen atoms in total. The fraction of sp³-hybridized carbons (Fsp3) is 0.500. The van der Waals surface area contributed by atoms with Gasteiger partial charge in [-0.15, -0.1) is 12.4 Å². The van der Waals surface area contributed by atoms with Crippen LogP contribution in [-0.2, 0) is 9.53 Å². The van der Waals surface area contributed by atoms with Crippen LogP contribution in [0.1, 0.15) is 23.2 Å². The van der Waals surface area contributed by atoms with Crippen LogP contribution < -0.4 is 20.1 Å². The zero-order chi connectivity index (χ0) is 16.8. The molecule has 8 heteroatoms. The quantitative estimate of drug-likeness (QED) is 0.690. The van der Waals surface area contributed by atoms with Crippen molar-refractivity contribution >= 4 is 30.0 Å². The van der Waals surface area contributed by atoms with Gasteiger partial charge in [-0.2, -0.15) is 0 Å². The van der Waals surface area contributed by atoms with Crippen molar-refractivity contribution in [3.63, 3.8) is 0 Å². The molecule has 0 saturated heterocycles. The van der Waals surface area contributed by atoms with Crippen molar-refractivity contribution in [2.24, 2.45) is 5.92 Å². The van der Waals surface area contributed by atoms with E-state index in [1.165, 1.54) is 40.2 Å². The molecule has 1 aromatic rings. The first-order chi connectivity index (χ1) is 11.1. The summed E-state index contributed by atoms with van der Waals surface area (Å²) in [7, 11) is 4.24. The lowest BCUT2D eigenvalue weighted by Gasteiger charge is -2.14. The van der Waals surface area contributed by atoms with Crippen LogP contribution in [-0.4, -0.2) is 46.3 Å². The second-order valence-corrected chi connectivity index (χ2v) is 5.37. The van der Waals surface area contributed by atoms with Crippen molar-refractivity contribution in [1.29, 1.82) is 0 Å². The summed E-state index contributed by atoms with van der Waals surface area (Å²) in [6.07, 6.45) is 2.44. The molecule has 0 aliphatic heterocycles. The fourth-order valence-electron chi connectivity index (χ4n) is 2.17. The lowest BCUT2D eigenvalue weighted by molar-refractivity contribution is -0.115. The van der Waals surface area contributed by atoms with E-state index < -0.39 is 5.97 Å². The summed E-state index contributed by atoms with van der Waals surface area (Å²) >= 11 is 0. The first kappa shape index (κ1) is 20.1. The predicted octanol–water partition coefficient (Wildman–Crippen LogP) is 1.85. The standard InChI is InChI=1S/C16H22N2O5.ClH/c1-21-13-6-11(16(20)23-3)12(7-14(13)22-2)18-15(19)9-17-8-10-4-5-10;/h6-7,10,17H,4-5,8-9H2,1-3H3,(H,18,19);1H. The van der Waals surface area contributed by atoms with Gasteiger partial charge in [0.25, 0.3) is 0 Å². The number of ether oxygens (including phenoxy) is 3. The number of amides is 1. The Morgan fingerprint density at radius 1 is 1.12 bits per heavy atom. The Balaban J connectivity index is 0.00000288. The van der Waals surface area contributed by atoms with E-state index in [0.717, 1.165) is 6.54 Å². The van der Waals surface area contributed by atoms with E-state index in [9.17, 15) is 9.59 Å². The van der Waals surface area contributed by atoms with Crippen LogP contribution in [0.15, 0.2) is 12.1 Å². The van der Waals surface area contributed by atoms with Gasteiger partial charge >= 0.3 is 5.97 Å². The number of rotatable bonds is 8. The Hall–Kier alpha value is -1.99. The smallest absolute Gasteiger partial charge is 0.340 e. The number of hydrogen-bond donors (Lipinski definition) is 2. The maximum absolute atomic E-state index is 12.0. The molecule has 0 heterocycles. The van der Waals surface area contributed by atoms with Gasteiger partial charge in [-0.3, -0.25) is 4.79 Å². The maximum Gasteiger partial charge on any atom is 0.340 e. The SMILES string of the molecule is COC(=O)c1cc(OC)c(OC)cc1NC(=O)CNCC1CC1.Cl. The minimum absolute atomic E-state index is 0. The molecule has 0 bridgehead atoms. The highest BCUT2D eigenvalue weighted by Gasteiger charge is 2.21. The zero-order valence-corrected chi connectivity index (χ0v) is 14.8. The summed E-state index contributed by atoms with van der Waals surface area (Å²) in [5, 5.41) is 5.81. The summed E-state index contributed by atoms with van der Waals surface area (Å²) in [5.74, 6) is 0.698. The van der Waals surface area contributed by atoms with Gasteiger partial charge in [0.15, 0.2) is 11.5 Å². The van der Waals surface area contributed by atoms with Crippen molar-refractivity contribution in [2.45, 2.75) is 12.8 Å². The van der Waals surface area contributed by atoms with Gasteiger partial charge in [0.05, 0.1) is 39.1 Å². The summed E-state index contributed by atoms with van der Waals surface area (Å²) in [6, 6.07) is 3.03. The van der Waals surface area contributed by atoms with Gasteiger partial charge in [-0.25, -0.2) is 4.79 Å². The molecule has 24 heavy (non-hydrogen) atoms. The number of methoxy groups -OCH3 is 3. The molecule has 0 radical (unpaired) electrons. The average Bonchev–Trinajstić information content (AvgIpc) is 3.37. The Bertz CT molecular complexity index is 590. The molecule has 0 spiro atoms. The number of benzene rings is 1. The van der Waals surface area contributed by atoms with Gasteiger partial charge in [-0.05, 0) is 25.3 Å². The van der Waals surface area contributed by atoms with E-state index >= 15 is 0 Å². The predicted molar refractivity (Wildman–Crippen MR) is 92.4 cm³/mol. The molecular formula is C16H23ClN2O5. The molecule has 1 amide bonds. The largest absolute Gasteiger partial charge is 0.493 e. The molecule has 1 saturated carbocycles. The number of hydrogen-bond acceptors (Lipinski definition) is 6. The lowest BCUT2D eigenvalue weighted by atomic mass is 10.1. The summed E-state index contributed by atoms with van der Waals surface area (Å²) in [5.41, 5.74) is 0.536. The highest BCUT2D eigenvalue weighted by Crippen LogP contribution is 2.33. The molecule has 1 aliphatic carbocycles. The zero-order valence-electron chi connectivity index (χ0n) is 14.0. The summed E-state index contributed by atoms with van der Waals surface area (Å²) < 4.78 is 15.1. The topological polar surface area (TPSA) is 85.9 Å². The van der Waals surface area contributed by atoms with Crippen LogP contribution in [0.4, 0.5) is 5.69 Å². The van der Waals surface area contributed by atoms with Gasteiger partial charge in [-0.1, -0.05) is 0 Å². The first-order valence-corrected chi connectivity index (χ1v) is 7.44. The normalized spacial score (nSPS) is 12.8. The second kappa shape index (κ2) is 9.34.